The minimum atomic E-state index is -4.65. The van der Waals surface area contributed by atoms with Gasteiger partial charge in [0.25, 0.3) is 0 Å². The van der Waals surface area contributed by atoms with E-state index < -0.39 is 32.8 Å². The van der Waals surface area contributed by atoms with Crippen molar-refractivity contribution in [2.45, 2.75) is 6.18 Å². The van der Waals surface area contributed by atoms with E-state index in [0.717, 1.165) is 18.4 Å². The van der Waals surface area contributed by atoms with Crippen molar-refractivity contribution in [2.24, 2.45) is 0 Å². The zero-order chi connectivity index (χ0) is 19.5. The van der Waals surface area contributed by atoms with E-state index in [9.17, 15) is 26.4 Å². The van der Waals surface area contributed by atoms with Crippen molar-refractivity contribution in [1.82, 2.24) is 0 Å². The van der Waals surface area contributed by atoms with Crippen LogP contribution in [0.5, 0.6) is 0 Å². The standard InChI is InChI=1S/C15H13ClF3N3O3S/c1-26(24,25)22-10-4-2-9(3-5-10)20-14(23)21-11-6-7-13(16)12(8-11)15(17,18)19/h2-8,22H,1H3,(H2,20,21,23). The second kappa shape index (κ2) is 7.42. The lowest BCUT2D eigenvalue weighted by Crippen LogP contribution is -2.20. The van der Waals surface area contributed by atoms with Crippen LogP contribution in [0, 0.1) is 0 Å². The van der Waals surface area contributed by atoms with Gasteiger partial charge in [-0.15, -0.1) is 0 Å². The highest BCUT2D eigenvalue weighted by Crippen LogP contribution is 2.36. The lowest BCUT2D eigenvalue weighted by Gasteiger charge is -2.12. The van der Waals surface area contributed by atoms with Crippen molar-refractivity contribution in [2.75, 3.05) is 21.6 Å². The molecular formula is C15H13ClF3N3O3S. The third kappa shape index (κ3) is 5.81. The van der Waals surface area contributed by atoms with E-state index in [0.29, 0.717) is 11.4 Å². The molecule has 0 bridgehead atoms. The molecule has 0 heterocycles. The second-order valence-electron chi connectivity index (χ2n) is 5.22. The van der Waals surface area contributed by atoms with Crippen LogP contribution in [-0.4, -0.2) is 20.7 Å². The van der Waals surface area contributed by atoms with Crippen molar-refractivity contribution >= 4 is 44.7 Å². The van der Waals surface area contributed by atoms with Gasteiger partial charge in [-0.25, -0.2) is 13.2 Å². The zero-order valence-corrected chi connectivity index (χ0v) is 14.8. The summed E-state index contributed by atoms with van der Waals surface area (Å²) in [4.78, 5) is 11.9. The number of urea groups is 1. The molecular weight excluding hydrogens is 395 g/mol. The Morgan fingerprint density at radius 1 is 0.962 bits per heavy atom. The number of anilines is 3. The van der Waals surface area contributed by atoms with Crippen LogP contribution in [0.3, 0.4) is 0 Å². The van der Waals surface area contributed by atoms with Crippen molar-refractivity contribution in [1.29, 1.82) is 0 Å². The molecule has 0 fully saturated rings. The van der Waals surface area contributed by atoms with E-state index in [-0.39, 0.29) is 5.69 Å². The summed E-state index contributed by atoms with van der Waals surface area (Å²) in [6.07, 6.45) is -3.65. The number of sulfonamides is 1. The average molecular weight is 408 g/mol. The van der Waals surface area contributed by atoms with Gasteiger partial charge in [0.05, 0.1) is 16.8 Å². The molecule has 0 aliphatic carbocycles. The van der Waals surface area contributed by atoms with Crippen LogP contribution in [0.1, 0.15) is 5.56 Å². The quantitative estimate of drug-likeness (QED) is 0.703. The summed E-state index contributed by atoms with van der Waals surface area (Å²) in [5.41, 5.74) is -0.541. The lowest BCUT2D eigenvalue weighted by molar-refractivity contribution is -0.137. The Balaban J connectivity index is 2.05. The van der Waals surface area contributed by atoms with Crippen LogP contribution < -0.4 is 15.4 Å². The number of nitrogens with one attached hydrogen (secondary N) is 3. The molecule has 0 saturated carbocycles. The Morgan fingerprint density at radius 2 is 1.46 bits per heavy atom. The number of halogens is 4. The number of rotatable bonds is 4. The minimum absolute atomic E-state index is 0.0883. The van der Waals surface area contributed by atoms with Crippen molar-refractivity contribution < 1.29 is 26.4 Å². The van der Waals surface area contributed by atoms with E-state index in [1.807, 2.05) is 0 Å². The number of hydrogen-bond acceptors (Lipinski definition) is 3. The Bertz CT molecular complexity index is 916. The third-order valence-corrected chi connectivity index (χ3v) is 3.91. The Kier molecular flexibility index (Phi) is 5.67. The van der Waals surface area contributed by atoms with Gasteiger partial charge in [0.1, 0.15) is 0 Å². The van der Waals surface area contributed by atoms with Crippen LogP contribution >= 0.6 is 11.6 Å². The fourth-order valence-corrected chi connectivity index (χ4v) is 2.74. The predicted octanol–water partition coefficient (Wildman–Crippen LogP) is 4.37. The van der Waals surface area contributed by atoms with Crippen LogP contribution in [-0.2, 0) is 16.2 Å². The molecule has 140 valence electrons. The number of benzene rings is 2. The van der Waals surface area contributed by atoms with Crippen LogP contribution in [0.15, 0.2) is 42.5 Å². The predicted molar refractivity (Wildman–Crippen MR) is 94.0 cm³/mol. The fraction of sp³-hybridized carbons (Fsp3) is 0.133. The van der Waals surface area contributed by atoms with Gasteiger partial charge in [-0.2, -0.15) is 13.2 Å². The van der Waals surface area contributed by atoms with E-state index in [1.165, 1.54) is 30.3 Å². The molecule has 0 radical (unpaired) electrons. The summed E-state index contributed by atoms with van der Waals surface area (Å²) < 4.78 is 62.9. The number of alkyl halides is 3. The van der Waals surface area contributed by atoms with Crippen molar-refractivity contribution in [3.8, 4) is 0 Å². The molecule has 2 rings (SSSR count). The Labute approximate surface area is 152 Å². The molecule has 0 aliphatic rings. The van der Waals surface area contributed by atoms with Crippen molar-refractivity contribution in [3.63, 3.8) is 0 Å². The van der Waals surface area contributed by atoms with E-state index in [2.05, 4.69) is 15.4 Å². The fourth-order valence-electron chi connectivity index (χ4n) is 1.95. The number of carbonyl (C=O) groups excluding carboxylic acids is 1. The summed E-state index contributed by atoms with van der Waals surface area (Å²) >= 11 is 5.51. The first kappa shape index (κ1) is 19.9. The minimum Gasteiger partial charge on any atom is -0.308 e. The molecule has 26 heavy (non-hydrogen) atoms. The SMILES string of the molecule is CS(=O)(=O)Nc1ccc(NC(=O)Nc2ccc(Cl)c(C(F)(F)F)c2)cc1. The molecule has 0 unspecified atom stereocenters. The molecule has 0 saturated heterocycles. The van der Waals surface area contributed by atoms with Gasteiger partial charge >= 0.3 is 12.2 Å². The number of hydrogen-bond donors (Lipinski definition) is 3. The number of carbonyl (C=O) groups is 1. The summed E-state index contributed by atoms with van der Waals surface area (Å²) in [6, 6.07) is 7.90. The highest BCUT2D eigenvalue weighted by atomic mass is 35.5. The maximum absolute atomic E-state index is 12.8. The summed E-state index contributed by atoms with van der Waals surface area (Å²) in [5, 5.41) is 4.20. The van der Waals surface area contributed by atoms with Gasteiger partial charge in [-0.1, -0.05) is 11.6 Å². The maximum Gasteiger partial charge on any atom is 0.417 e. The summed E-state index contributed by atoms with van der Waals surface area (Å²) in [5.74, 6) is 0. The average Bonchev–Trinajstić information content (AvgIpc) is 2.48. The zero-order valence-electron chi connectivity index (χ0n) is 13.2. The van der Waals surface area contributed by atoms with Crippen LogP contribution in [0.25, 0.3) is 0 Å². The van der Waals surface area contributed by atoms with Crippen LogP contribution in [0.2, 0.25) is 5.02 Å². The first-order valence-electron chi connectivity index (χ1n) is 6.97. The van der Waals surface area contributed by atoms with Crippen molar-refractivity contribution in [3.05, 3.63) is 53.1 Å². The monoisotopic (exact) mass is 407 g/mol. The molecule has 2 aromatic carbocycles. The normalized spacial score (nSPS) is 11.7. The third-order valence-electron chi connectivity index (χ3n) is 2.98. The first-order valence-corrected chi connectivity index (χ1v) is 9.23. The molecule has 11 heteroatoms. The van der Waals surface area contributed by atoms with Crippen LogP contribution in [0.4, 0.5) is 35.0 Å². The van der Waals surface area contributed by atoms with Gasteiger partial charge in [0.2, 0.25) is 10.0 Å². The molecule has 0 atom stereocenters. The lowest BCUT2D eigenvalue weighted by atomic mass is 10.2. The molecule has 0 spiro atoms. The molecule has 2 amide bonds. The smallest absolute Gasteiger partial charge is 0.308 e. The topological polar surface area (TPSA) is 87.3 Å². The van der Waals surface area contributed by atoms with E-state index in [1.54, 1.807) is 0 Å². The molecule has 0 aromatic heterocycles. The van der Waals surface area contributed by atoms with Gasteiger partial charge in [0, 0.05) is 17.1 Å². The summed E-state index contributed by atoms with van der Waals surface area (Å²) in [6.45, 7) is 0. The largest absolute Gasteiger partial charge is 0.417 e. The first-order chi connectivity index (χ1) is 11.9. The Morgan fingerprint density at radius 3 is 2.00 bits per heavy atom. The molecule has 0 aliphatic heterocycles. The Hall–Kier alpha value is -2.46. The van der Waals surface area contributed by atoms with Gasteiger partial charge in [-0.05, 0) is 42.5 Å². The van der Waals surface area contributed by atoms with E-state index in [4.69, 9.17) is 11.6 Å². The van der Waals surface area contributed by atoms with Gasteiger partial charge < -0.3 is 10.6 Å². The molecule has 2 aromatic rings. The van der Waals surface area contributed by atoms with Gasteiger partial charge in [0.15, 0.2) is 0 Å². The second-order valence-corrected chi connectivity index (χ2v) is 7.38. The number of amides is 2. The maximum atomic E-state index is 12.8. The summed E-state index contributed by atoms with van der Waals surface area (Å²) in [7, 11) is -3.43. The molecule has 6 nitrogen and oxygen atoms in total. The highest BCUT2D eigenvalue weighted by molar-refractivity contribution is 7.92. The highest BCUT2D eigenvalue weighted by Gasteiger charge is 2.33. The van der Waals surface area contributed by atoms with Gasteiger partial charge in [-0.3, -0.25) is 4.72 Å². The van der Waals surface area contributed by atoms with E-state index >= 15 is 0 Å². The molecule has 3 N–H and O–H groups in total.